The van der Waals surface area contributed by atoms with E-state index in [1.165, 1.54) is 37.4 Å². The predicted octanol–water partition coefficient (Wildman–Crippen LogP) is 4.76. The summed E-state index contributed by atoms with van der Waals surface area (Å²) in [5, 5.41) is 25.3. The number of nitrogens with zero attached hydrogens (tertiary/aromatic N) is 1. The average molecular weight is 486 g/mol. The van der Waals surface area contributed by atoms with Gasteiger partial charge in [0.2, 0.25) is 0 Å². The Morgan fingerprint density at radius 2 is 1.53 bits per heavy atom. The number of nitrogens with one attached hydrogen (secondary N) is 1. The Morgan fingerprint density at radius 3 is 2.11 bits per heavy atom. The van der Waals surface area contributed by atoms with E-state index in [2.05, 4.69) is 5.32 Å². The molecule has 0 aliphatic rings. The number of phenolic OH excluding ortho intramolecular Hbond substituents is 1. The van der Waals surface area contributed by atoms with Crippen molar-refractivity contribution in [1.29, 1.82) is 0 Å². The molecular formula is C27H22N2O7. The van der Waals surface area contributed by atoms with E-state index in [1.54, 1.807) is 30.3 Å². The Bertz CT molecular complexity index is 1420. The molecule has 36 heavy (non-hydrogen) atoms. The van der Waals surface area contributed by atoms with Crippen LogP contribution >= 0.6 is 0 Å². The van der Waals surface area contributed by atoms with Gasteiger partial charge in [0, 0.05) is 18.6 Å². The fourth-order valence-electron chi connectivity index (χ4n) is 3.68. The van der Waals surface area contributed by atoms with Crippen LogP contribution < -0.4 is 10.1 Å². The van der Waals surface area contributed by atoms with Crippen LogP contribution in [0.1, 0.15) is 15.9 Å². The van der Waals surface area contributed by atoms with E-state index in [4.69, 9.17) is 9.47 Å². The van der Waals surface area contributed by atoms with Crippen LogP contribution in [0.2, 0.25) is 0 Å². The molecule has 0 saturated heterocycles. The number of ether oxygens (including phenoxy) is 2. The zero-order chi connectivity index (χ0) is 25.7. The van der Waals surface area contributed by atoms with Gasteiger partial charge in [-0.25, -0.2) is 4.79 Å². The second-order valence-corrected chi connectivity index (χ2v) is 7.97. The van der Waals surface area contributed by atoms with Crippen LogP contribution in [-0.2, 0) is 16.0 Å². The first-order chi connectivity index (χ1) is 17.3. The molecule has 4 aromatic carbocycles. The van der Waals surface area contributed by atoms with Gasteiger partial charge < -0.3 is 19.9 Å². The number of esters is 1. The highest BCUT2D eigenvalue weighted by atomic mass is 16.6. The molecule has 1 amide bonds. The first-order valence-corrected chi connectivity index (χ1v) is 11.0. The summed E-state index contributed by atoms with van der Waals surface area (Å²) in [6, 6.07) is 21.9. The van der Waals surface area contributed by atoms with E-state index in [-0.39, 0.29) is 23.4 Å². The number of carbonyl (C=O) groups excluding carboxylic acids is 2. The van der Waals surface area contributed by atoms with Gasteiger partial charge in [-0.15, -0.1) is 0 Å². The SMILES string of the molecule is COC(=O)C(Cc1ccc(Oc2ccc([N+](=O)[O-])cc2)cc1)NC(=O)c1cc2ccccc2cc1O. The summed E-state index contributed by atoms with van der Waals surface area (Å²) in [6.07, 6.45) is 0.143. The maximum absolute atomic E-state index is 12.9. The summed E-state index contributed by atoms with van der Waals surface area (Å²) in [5.41, 5.74) is 0.740. The number of methoxy groups -OCH3 is 1. The van der Waals surface area contributed by atoms with Crippen LogP contribution in [0.25, 0.3) is 10.8 Å². The van der Waals surface area contributed by atoms with Crippen molar-refractivity contribution >= 4 is 28.3 Å². The Morgan fingerprint density at radius 1 is 0.944 bits per heavy atom. The summed E-state index contributed by atoms with van der Waals surface area (Å²) in [7, 11) is 1.23. The van der Waals surface area contributed by atoms with E-state index in [1.807, 2.05) is 24.3 Å². The number of hydrogen-bond acceptors (Lipinski definition) is 7. The summed E-state index contributed by atoms with van der Waals surface area (Å²) >= 11 is 0. The second kappa shape index (κ2) is 10.6. The summed E-state index contributed by atoms with van der Waals surface area (Å²) in [4.78, 5) is 35.6. The van der Waals surface area contributed by atoms with E-state index in [0.29, 0.717) is 11.5 Å². The Hall–Kier alpha value is -4.92. The maximum Gasteiger partial charge on any atom is 0.328 e. The second-order valence-electron chi connectivity index (χ2n) is 7.97. The van der Waals surface area contributed by atoms with Crippen molar-refractivity contribution < 1.29 is 29.1 Å². The Labute approximate surface area is 206 Å². The molecule has 0 saturated carbocycles. The smallest absolute Gasteiger partial charge is 0.328 e. The van der Waals surface area contributed by atoms with Gasteiger partial charge in [0.25, 0.3) is 11.6 Å². The molecule has 4 aromatic rings. The number of benzene rings is 4. The van der Waals surface area contributed by atoms with Gasteiger partial charge in [0.15, 0.2) is 0 Å². The number of nitro groups is 1. The van der Waals surface area contributed by atoms with Crippen LogP contribution in [0, 0.1) is 10.1 Å². The number of fused-ring (bicyclic) bond motifs is 1. The van der Waals surface area contributed by atoms with Gasteiger partial charge >= 0.3 is 5.97 Å². The number of hydrogen-bond donors (Lipinski definition) is 2. The van der Waals surface area contributed by atoms with Crippen molar-refractivity contribution in [2.24, 2.45) is 0 Å². The van der Waals surface area contributed by atoms with Crippen molar-refractivity contribution in [2.45, 2.75) is 12.5 Å². The maximum atomic E-state index is 12.9. The van der Waals surface area contributed by atoms with Crippen molar-refractivity contribution in [2.75, 3.05) is 7.11 Å². The van der Waals surface area contributed by atoms with Gasteiger partial charge in [-0.1, -0.05) is 36.4 Å². The van der Waals surface area contributed by atoms with Crippen molar-refractivity contribution in [3.8, 4) is 17.2 Å². The number of aromatic hydroxyl groups is 1. The molecule has 0 aliphatic heterocycles. The lowest BCUT2D eigenvalue weighted by molar-refractivity contribution is -0.384. The molecule has 2 N–H and O–H groups in total. The number of amides is 1. The molecule has 182 valence electrons. The molecule has 1 atom stereocenters. The van der Waals surface area contributed by atoms with Gasteiger partial charge in [-0.05, 0) is 52.7 Å². The Kier molecular flexibility index (Phi) is 7.10. The highest BCUT2D eigenvalue weighted by Gasteiger charge is 2.24. The predicted molar refractivity (Wildman–Crippen MR) is 132 cm³/mol. The highest BCUT2D eigenvalue weighted by molar-refractivity contribution is 6.02. The molecule has 9 heteroatoms. The molecule has 0 aromatic heterocycles. The van der Waals surface area contributed by atoms with Crippen LogP contribution in [-0.4, -0.2) is 35.1 Å². The van der Waals surface area contributed by atoms with E-state index in [9.17, 15) is 24.8 Å². The normalized spacial score (nSPS) is 11.5. The summed E-state index contributed by atoms with van der Waals surface area (Å²) in [6.45, 7) is 0. The molecular weight excluding hydrogens is 464 g/mol. The summed E-state index contributed by atoms with van der Waals surface area (Å²) in [5.74, 6) is -0.500. The number of non-ortho nitro benzene ring substituents is 1. The molecule has 0 spiro atoms. The zero-order valence-corrected chi connectivity index (χ0v) is 19.2. The molecule has 0 aliphatic carbocycles. The Balaban J connectivity index is 1.46. The number of phenols is 1. The molecule has 0 bridgehead atoms. The largest absolute Gasteiger partial charge is 0.507 e. The van der Waals surface area contributed by atoms with Crippen LogP contribution in [0.5, 0.6) is 17.2 Å². The first kappa shape index (κ1) is 24.2. The third-order valence-electron chi connectivity index (χ3n) is 5.55. The van der Waals surface area contributed by atoms with Crippen molar-refractivity contribution in [3.63, 3.8) is 0 Å². The monoisotopic (exact) mass is 486 g/mol. The molecule has 0 heterocycles. The lowest BCUT2D eigenvalue weighted by Gasteiger charge is -2.17. The van der Waals surface area contributed by atoms with Crippen molar-refractivity contribution in [3.05, 3.63) is 106 Å². The molecule has 1 unspecified atom stereocenters. The fourth-order valence-corrected chi connectivity index (χ4v) is 3.68. The van der Waals surface area contributed by atoms with Gasteiger partial charge in [0.05, 0.1) is 17.6 Å². The number of nitro benzene ring substituents is 1. The van der Waals surface area contributed by atoms with Gasteiger partial charge in [-0.3, -0.25) is 14.9 Å². The third-order valence-corrected chi connectivity index (χ3v) is 5.55. The highest BCUT2D eigenvalue weighted by Crippen LogP contribution is 2.26. The third kappa shape index (κ3) is 5.58. The van der Waals surface area contributed by atoms with Crippen LogP contribution in [0.4, 0.5) is 5.69 Å². The minimum absolute atomic E-state index is 0.0365. The average Bonchev–Trinajstić information content (AvgIpc) is 2.88. The fraction of sp³-hybridized carbons (Fsp3) is 0.111. The minimum Gasteiger partial charge on any atom is -0.507 e. The zero-order valence-electron chi connectivity index (χ0n) is 19.2. The van der Waals surface area contributed by atoms with E-state index >= 15 is 0 Å². The van der Waals surface area contributed by atoms with Crippen LogP contribution in [0.3, 0.4) is 0 Å². The lowest BCUT2D eigenvalue weighted by Crippen LogP contribution is -2.43. The number of carbonyl (C=O) groups is 2. The van der Waals surface area contributed by atoms with Gasteiger partial charge in [-0.2, -0.15) is 0 Å². The molecule has 0 radical (unpaired) electrons. The standard InChI is InChI=1S/C27H22N2O7/c1-35-27(32)24(28-26(31)23-15-18-4-2-3-5-19(18)16-25(23)30)14-17-6-10-21(11-7-17)36-22-12-8-20(9-13-22)29(33)34/h2-13,15-16,24,30H,14H2,1H3,(H,28,31). The van der Waals surface area contributed by atoms with E-state index < -0.39 is 22.8 Å². The van der Waals surface area contributed by atoms with Gasteiger partial charge in [0.1, 0.15) is 23.3 Å². The topological polar surface area (TPSA) is 128 Å². The first-order valence-electron chi connectivity index (χ1n) is 11.0. The molecule has 4 rings (SSSR count). The summed E-state index contributed by atoms with van der Waals surface area (Å²) < 4.78 is 10.6. The minimum atomic E-state index is -0.991. The van der Waals surface area contributed by atoms with Crippen molar-refractivity contribution in [1.82, 2.24) is 5.32 Å². The molecule has 9 nitrogen and oxygen atoms in total. The quantitative estimate of drug-likeness (QED) is 0.209. The lowest BCUT2D eigenvalue weighted by atomic mass is 10.0. The van der Waals surface area contributed by atoms with E-state index in [0.717, 1.165) is 16.3 Å². The number of rotatable bonds is 8. The van der Waals surface area contributed by atoms with Crippen LogP contribution in [0.15, 0.2) is 84.9 Å². The molecule has 0 fully saturated rings.